The Balaban J connectivity index is 2.10. The highest BCUT2D eigenvalue weighted by Gasteiger charge is 2.33. The Bertz CT molecular complexity index is 1090. The van der Waals surface area contributed by atoms with Gasteiger partial charge in [0.25, 0.3) is 0 Å². The second-order valence-corrected chi connectivity index (χ2v) is 5.85. The molecule has 0 unspecified atom stereocenters. The lowest BCUT2D eigenvalue weighted by Gasteiger charge is -2.10. The molecule has 9 nitrogen and oxygen atoms in total. The number of phenolic OH excluding ortho intramolecular Hbond substituents is 2. The van der Waals surface area contributed by atoms with E-state index in [0.717, 1.165) is 18.2 Å². The monoisotopic (exact) mass is 395 g/mol. The number of nitro benzene ring substituents is 1. The zero-order chi connectivity index (χ0) is 20.8. The number of aryl methyl sites for hydroxylation is 1. The Kier molecular flexibility index (Phi) is 4.41. The average molecular weight is 395 g/mol. The smallest absolute Gasteiger partial charge is 0.433 e. The van der Waals surface area contributed by atoms with Gasteiger partial charge in [0.1, 0.15) is 5.69 Å². The van der Waals surface area contributed by atoms with Crippen molar-refractivity contribution in [2.45, 2.75) is 13.1 Å². The van der Waals surface area contributed by atoms with Crippen molar-refractivity contribution in [3.63, 3.8) is 0 Å². The van der Waals surface area contributed by atoms with Gasteiger partial charge in [0.2, 0.25) is 5.75 Å². The standard InChI is InChI=1S/C16H12F3N5O4/c1-7-9(3-4-12(20-7)16(17,18)19)15-22-21-14(23(15)2)8-5-10(24(27)28)13(26)11(25)6-8/h3-6,25-26H,1-2H3. The van der Waals surface area contributed by atoms with Gasteiger partial charge in [-0.2, -0.15) is 13.2 Å². The molecule has 0 saturated carbocycles. The van der Waals surface area contributed by atoms with Crippen molar-refractivity contribution in [3.05, 3.63) is 45.8 Å². The zero-order valence-corrected chi connectivity index (χ0v) is 14.4. The summed E-state index contributed by atoms with van der Waals surface area (Å²) in [5.74, 6) is -1.35. The largest absolute Gasteiger partial charge is 0.504 e. The van der Waals surface area contributed by atoms with Gasteiger partial charge < -0.3 is 14.8 Å². The van der Waals surface area contributed by atoms with Crippen LogP contribution in [-0.2, 0) is 13.2 Å². The Morgan fingerprint density at radius 2 is 1.79 bits per heavy atom. The Morgan fingerprint density at radius 1 is 1.14 bits per heavy atom. The number of hydrogen-bond acceptors (Lipinski definition) is 7. The van der Waals surface area contributed by atoms with Crippen molar-refractivity contribution in [2.24, 2.45) is 7.05 Å². The van der Waals surface area contributed by atoms with E-state index in [1.165, 1.54) is 24.6 Å². The fraction of sp³-hybridized carbons (Fsp3) is 0.188. The summed E-state index contributed by atoms with van der Waals surface area (Å²) >= 11 is 0. The number of alkyl halides is 3. The van der Waals surface area contributed by atoms with E-state index in [0.29, 0.717) is 0 Å². The number of nitrogens with zero attached hydrogens (tertiary/aromatic N) is 5. The SMILES string of the molecule is Cc1nc(C(F)(F)F)ccc1-c1nnc(-c2cc(O)c(O)c([N+](=O)[O-])c2)n1C. The molecule has 0 radical (unpaired) electrons. The van der Waals surface area contributed by atoms with E-state index < -0.39 is 34.0 Å². The molecule has 0 fully saturated rings. The van der Waals surface area contributed by atoms with E-state index in [9.17, 15) is 33.5 Å². The van der Waals surface area contributed by atoms with Crippen LogP contribution < -0.4 is 0 Å². The average Bonchev–Trinajstić information content (AvgIpc) is 2.97. The van der Waals surface area contributed by atoms with Crippen molar-refractivity contribution >= 4 is 5.69 Å². The molecule has 28 heavy (non-hydrogen) atoms. The van der Waals surface area contributed by atoms with Crippen molar-refractivity contribution in [1.82, 2.24) is 19.7 Å². The number of aromatic hydroxyl groups is 2. The second-order valence-electron chi connectivity index (χ2n) is 5.85. The van der Waals surface area contributed by atoms with Crippen LogP contribution in [0.5, 0.6) is 11.5 Å². The highest BCUT2D eigenvalue weighted by Crippen LogP contribution is 2.39. The van der Waals surface area contributed by atoms with Crippen molar-refractivity contribution in [2.75, 3.05) is 0 Å². The number of halogens is 3. The summed E-state index contributed by atoms with van der Waals surface area (Å²) in [4.78, 5) is 13.7. The van der Waals surface area contributed by atoms with Crippen LogP contribution in [0.2, 0.25) is 0 Å². The Hall–Kier alpha value is -3.70. The van der Waals surface area contributed by atoms with Crippen LogP contribution in [0.1, 0.15) is 11.4 Å². The summed E-state index contributed by atoms with van der Waals surface area (Å²) in [7, 11) is 1.50. The third-order valence-corrected chi connectivity index (χ3v) is 4.02. The van der Waals surface area contributed by atoms with Crippen LogP contribution >= 0.6 is 0 Å². The molecule has 2 aromatic heterocycles. The van der Waals surface area contributed by atoms with Gasteiger partial charge in [0, 0.05) is 29.9 Å². The molecule has 0 atom stereocenters. The van der Waals surface area contributed by atoms with Gasteiger partial charge in [-0.15, -0.1) is 10.2 Å². The van der Waals surface area contributed by atoms with Crippen LogP contribution in [0.4, 0.5) is 18.9 Å². The molecular weight excluding hydrogens is 383 g/mol. The van der Waals surface area contributed by atoms with E-state index in [2.05, 4.69) is 15.2 Å². The Morgan fingerprint density at radius 3 is 2.36 bits per heavy atom. The van der Waals surface area contributed by atoms with Gasteiger partial charge in [0.15, 0.2) is 17.4 Å². The molecule has 1 aromatic carbocycles. The van der Waals surface area contributed by atoms with E-state index >= 15 is 0 Å². The van der Waals surface area contributed by atoms with E-state index in [1.54, 1.807) is 0 Å². The van der Waals surface area contributed by atoms with Crippen LogP contribution in [-0.4, -0.2) is 34.9 Å². The van der Waals surface area contributed by atoms with Crippen LogP contribution in [0.25, 0.3) is 22.8 Å². The summed E-state index contributed by atoms with van der Waals surface area (Å²) in [6.07, 6.45) is -4.59. The van der Waals surface area contributed by atoms with Gasteiger partial charge in [-0.05, 0) is 25.1 Å². The molecule has 2 N–H and O–H groups in total. The maximum Gasteiger partial charge on any atom is 0.433 e. The molecule has 146 valence electrons. The predicted octanol–water partition coefficient (Wildman–Crippen LogP) is 3.19. The first-order chi connectivity index (χ1) is 13.0. The van der Waals surface area contributed by atoms with Gasteiger partial charge in [-0.25, -0.2) is 4.98 Å². The molecule has 0 aliphatic heterocycles. The lowest BCUT2D eigenvalue weighted by molar-refractivity contribution is -0.385. The van der Waals surface area contributed by atoms with Crippen molar-refractivity contribution < 1.29 is 28.3 Å². The molecule has 0 saturated heterocycles. The minimum Gasteiger partial charge on any atom is -0.504 e. The van der Waals surface area contributed by atoms with Gasteiger partial charge >= 0.3 is 11.9 Å². The summed E-state index contributed by atoms with van der Waals surface area (Å²) in [5.41, 5.74) is -1.34. The number of aromatic nitrogens is 4. The molecular formula is C16H12F3N5O4. The fourth-order valence-electron chi connectivity index (χ4n) is 2.64. The maximum atomic E-state index is 12.8. The highest BCUT2D eigenvalue weighted by molar-refractivity contribution is 5.70. The molecule has 0 spiro atoms. The lowest BCUT2D eigenvalue weighted by atomic mass is 10.1. The van der Waals surface area contributed by atoms with Gasteiger partial charge in [0.05, 0.1) is 4.92 Å². The number of rotatable bonds is 3. The summed E-state index contributed by atoms with van der Waals surface area (Å²) in [6.45, 7) is 1.39. The van der Waals surface area contributed by atoms with Crippen LogP contribution in [0, 0.1) is 17.0 Å². The molecule has 0 bridgehead atoms. The van der Waals surface area contributed by atoms with Crippen LogP contribution in [0.3, 0.4) is 0 Å². The number of phenols is 2. The fourth-order valence-corrected chi connectivity index (χ4v) is 2.64. The predicted molar refractivity (Wildman–Crippen MR) is 89.4 cm³/mol. The number of pyridine rings is 1. The molecule has 3 aromatic rings. The third-order valence-electron chi connectivity index (χ3n) is 4.02. The minimum atomic E-state index is -4.59. The normalized spacial score (nSPS) is 11.6. The quantitative estimate of drug-likeness (QED) is 0.396. The van der Waals surface area contributed by atoms with E-state index in [1.807, 2.05) is 0 Å². The molecule has 0 aliphatic rings. The van der Waals surface area contributed by atoms with E-state index in [4.69, 9.17) is 0 Å². The van der Waals surface area contributed by atoms with E-state index in [-0.39, 0.29) is 28.5 Å². The summed E-state index contributed by atoms with van der Waals surface area (Å²) in [5, 5.41) is 38.1. The molecule has 0 amide bonds. The first kappa shape index (κ1) is 19.1. The second kappa shape index (κ2) is 6.48. The first-order valence-electron chi connectivity index (χ1n) is 7.66. The lowest BCUT2D eigenvalue weighted by Crippen LogP contribution is -2.09. The third kappa shape index (κ3) is 3.19. The van der Waals surface area contributed by atoms with Crippen molar-refractivity contribution in [3.8, 4) is 34.3 Å². The summed E-state index contributed by atoms with van der Waals surface area (Å²) < 4.78 is 39.7. The minimum absolute atomic E-state index is 0.0661. The number of hydrogen-bond donors (Lipinski definition) is 2. The van der Waals surface area contributed by atoms with Gasteiger partial charge in [-0.1, -0.05) is 0 Å². The topological polar surface area (TPSA) is 127 Å². The molecule has 0 aliphatic carbocycles. The van der Waals surface area contributed by atoms with Crippen molar-refractivity contribution in [1.29, 1.82) is 0 Å². The maximum absolute atomic E-state index is 12.8. The number of nitro groups is 1. The first-order valence-corrected chi connectivity index (χ1v) is 7.66. The molecule has 12 heteroatoms. The number of benzene rings is 1. The molecule has 2 heterocycles. The van der Waals surface area contributed by atoms with Gasteiger partial charge in [-0.3, -0.25) is 10.1 Å². The Labute approximate surface area is 154 Å². The summed E-state index contributed by atoms with van der Waals surface area (Å²) in [6, 6.07) is 4.08. The molecule has 3 rings (SSSR count). The van der Waals surface area contributed by atoms with Crippen LogP contribution in [0.15, 0.2) is 24.3 Å². The highest BCUT2D eigenvalue weighted by atomic mass is 19.4. The zero-order valence-electron chi connectivity index (χ0n) is 14.4.